The largest absolute Gasteiger partial charge is 0.478 e. The molecule has 0 spiro atoms. The summed E-state index contributed by atoms with van der Waals surface area (Å²) in [5, 5.41) is 18.2. The van der Waals surface area contributed by atoms with Crippen molar-refractivity contribution in [3.63, 3.8) is 0 Å². The second-order valence-corrected chi connectivity index (χ2v) is 10.4. The molecule has 2 amide bonds. The van der Waals surface area contributed by atoms with Gasteiger partial charge in [-0.3, -0.25) is 19.1 Å². The fourth-order valence-electron chi connectivity index (χ4n) is 4.46. The number of aromatic nitrogens is 3. The Bertz CT molecular complexity index is 1630. The van der Waals surface area contributed by atoms with Gasteiger partial charge in [-0.25, -0.2) is 9.69 Å². The second kappa shape index (κ2) is 9.75. The molecule has 9 heteroatoms. The first-order valence-corrected chi connectivity index (χ1v) is 12.4. The molecule has 0 unspecified atom stereocenters. The number of imide groups is 1. The van der Waals surface area contributed by atoms with Crippen LogP contribution in [0.15, 0.2) is 72.9 Å². The lowest BCUT2D eigenvalue weighted by Gasteiger charge is -2.17. The van der Waals surface area contributed by atoms with Crippen LogP contribution in [0, 0.1) is 5.41 Å². The number of nitrogens with zero attached hydrogens (tertiary/aromatic N) is 4. The van der Waals surface area contributed by atoms with E-state index < -0.39 is 23.2 Å². The summed E-state index contributed by atoms with van der Waals surface area (Å²) < 4.78 is 1.57. The van der Waals surface area contributed by atoms with Crippen molar-refractivity contribution >= 4 is 29.3 Å². The van der Waals surface area contributed by atoms with Crippen LogP contribution in [0.25, 0.3) is 22.4 Å². The van der Waals surface area contributed by atoms with Crippen LogP contribution < -0.4 is 4.90 Å². The van der Waals surface area contributed by atoms with Crippen molar-refractivity contribution in [3.8, 4) is 22.4 Å². The molecule has 0 atom stereocenters. The Balaban J connectivity index is 1.43. The van der Waals surface area contributed by atoms with Crippen molar-refractivity contribution in [1.82, 2.24) is 15.0 Å². The van der Waals surface area contributed by atoms with Gasteiger partial charge in [0.25, 0.3) is 11.8 Å². The van der Waals surface area contributed by atoms with Crippen LogP contribution in [0.3, 0.4) is 0 Å². The van der Waals surface area contributed by atoms with Crippen molar-refractivity contribution in [2.75, 3.05) is 4.90 Å². The predicted octanol–water partition coefficient (Wildman–Crippen LogP) is 5.12. The van der Waals surface area contributed by atoms with Crippen molar-refractivity contribution in [2.45, 2.75) is 33.7 Å². The maximum absolute atomic E-state index is 13.4. The van der Waals surface area contributed by atoms with Gasteiger partial charge >= 0.3 is 5.97 Å². The van der Waals surface area contributed by atoms with Crippen LogP contribution in [0.2, 0.25) is 0 Å². The number of anilines is 1. The summed E-state index contributed by atoms with van der Waals surface area (Å²) in [6, 6.07) is 18.6. The van der Waals surface area contributed by atoms with Gasteiger partial charge in [0, 0.05) is 23.9 Å². The highest BCUT2D eigenvalue weighted by molar-refractivity contribution is 6.35. The van der Waals surface area contributed by atoms with Crippen LogP contribution >= 0.6 is 0 Å². The zero-order valence-electron chi connectivity index (χ0n) is 21.7. The molecule has 3 aromatic carbocycles. The summed E-state index contributed by atoms with van der Waals surface area (Å²) in [6.45, 7) is 5.97. The standard InChI is InChI=1S/C30H26N4O5/c1-30(2,3)26(35)13-14-33-17-24(31-32-33)20-9-11-21-22(16-20)28(37)34(27(21)36)25-12-10-19(15-23(25)29(38)39)18-7-5-4-6-8-18/h4-12,15-17H,13-14H2,1-3H3,(H,38,39). The second-order valence-electron chi connectivity index (χ2n) is 10.4. The highest BCUT2D eigenvalue weighted by atomic mass is 16.4. The van der Waals surface area contributed by atoms with E-state index in [1.54, 1.807) is 29.1 Å². The number of aryl methyl sites for hydroxylation is 1. The van der Waals surface area contributed by atoms with Crippen LogP contribution in [0.5, 0.6) is 0 Å². The van der Waals surface area contributed by atoms with Gasteiger partial charge < -0.3 is 5.11 Å². The molecule has 0 saturated carbocycles. The van der Waals surface area contributed by atoms with Gasteiger partial charge in [0.2, 0.25) is 0 Å². The zero-order valence-corrected chi connectivity index (χ0v) is 21.7. The first kappa shape index (κ1) is 25.7. The molecule has 1 aliphatic heterocycles. The number of rotatable bonds is 7. The summed E-state index contributed by atoms with van der Waals surface area (Å²) in [7, 11) is 0. The maximum atomic E-state index is 13.4. The SMILES string of the molecule is CC(C)(C)C(=O)CCn1cc(-c2ccc3c(c2)C(=O)N(c2ccc(-c4ccccc4)cc2C(=O)O)C3=O)nn1. The quantitative estimate of drug-likeness (QED) is 0.334. The normalized spacial score (nSPS) is 13.1. The third-order valence-corrected chi connectivity index (χ3v) is 6.70. The number of carbonyl (C=O) groups is 4. The van der Waals surface area contributed by atoms with Crippen molar-refractivity contribution in [1.29, 1.82) is 0 Å². The summed E-state index contributed by atoms with van der Waals surface area (Å²) in [5.74, 6) is -2.35. The molecular weight excluding hydrogens is 496 g/mol. The van der Waals surface area contributed by atoms with Crippen molar-refractivity contribution < 1.29 is 24.3 Å². The highest BCUT2D eigenvalue weighted by Crippen LogP contribution is 2.35. The number of carboxylic acid groups (broad SMARTS) is 1. The molecule has 0 fully saturated rings. The summed E-state index contributed by atoms with van der Waals surface area (Å²) >= 11 is 0. The Labute approximate surface area is 224 Å². The van der Waals surface area contributed by atoms with E-state index in [0.29, 0.717) is 29.8 Å². The lowest BCUT2D eigenvalue weighted by Crippen LogP contribution is -2.31. The Hall–Kier alpha value is -4.92. The van der Waals surface area contributed by atoms with E-state index in [1.165, 1.54) is 18.2 Å². The number of carboxylic acids is 1. The average Bonchev–Trinajstić information content (AvgIpc) is 3.49. The lowest BCUT2D eigenvalue weighted by molar-refractivity contribution is -0.126. The van der Waals surface area contributed by atoms with Crippen LogP contribution in [0.4, 0.5) is 5.69 Å². The first-order valence-electron chi connectivity index (χ1n) is 12.4. The average molecular weight is 523 g/mol. The molecule has 0 radical (unpaired) electrons. The van der Waals surface area contributed by atoms with Gasteiger partial charge in [0.1, 0.15) is 11.5 Å². The highest BCUT2D eigenvalue weighted by Gasteiger charge is 2.39. The number of hydrogen-bond acceptors (Lipinski definition) is 6. The van der Waals surface area contributed by atoms with E-state index >= 15 is 0 Å². The third kappa shape index (κ3) is 4.86. The number of benzene rings is 3. The van der Waals surface area contributed by atoms with Gasteiger partial charge in [-0.15, -0.1) is 5.10 Å². The number of Topliss-reactive ketones (excluding diaryl/α,β-unsaturated/α-hetero) is 1. The topological polar surface area (TPSA) is 122 Å². The van der Waals surface area contributed by atoms with Crippen molar-refractivity contribution in [2.24, 2.45) is 5.41 Å². The molecule has 4 aromatic rings. The molecule has 1 N–H and O–H groups in total. The fraction of sp³-hybridized carbons (Fsp3) is 0.200. The minimum absolute atomic E-state index is 0.00407. The molecule has 1 aliphatic rings. The lowest BCUT2D eigenvalue weighted by atomic mass is 9.89. The Morgan fingerprint density at radius 1 is 0.846 bits per heavy atom. The van der Waals surface area contributed by atoms with Gasteiger partial charge in [-0.1, -0.05) is 68.4 Å². The number of carbonyl (C=O) groups excluding carboxylic acids is 3. The van der Waals surface area contributed by atoms with Gasteiger partial charge in [0.05, 0.1) is 28.6 Å². The van der Waals surface area contributed by atoms with E-state index in [0.717, 1.165) is 10.5 Å². The van der Waals surface area contributed by atoms with E-state index in [2.05, 4.69) is 10.3 Å². The van der Waals surface area contributed by atoms with Crippen LogP contribution in [0.1, 0.15) is 58.3 Å². The minimum Gasteiger partial charge on any atom is -0.478 e. The molecule has 196 valence electrons. The van der Waals surface area contributed by atoms with Crippen molar-refractivity contribution in [3.05, 3.63) is 89.6 Å². The fourth-order valence-corrected chi connectivity index (χ4v) is 4.46. The molecule has 0 bridgehead atoms. The predicted molar refractivity (Wildman–Crippen MR) is 145 cm³/mol. The van der Waals surface area contributed by atoms with Crippen LogP contribution in [-0.4, -0.2) is 43.7 Å². The Morgan fingerprint density at radius 2 is 1.54 bits per heavy atom. The molecule has 9 nitrogen and oxygen atoms in total. The van der Waals surface area contributed by atoms with E-state index in [9.17, 15) is 24.3 Å². The molecule has 2 heterocycles. The van der Waals surface area contributed by atoms with Gasteiger partial charge in [-0.2, -0.15) is 0 Å². The monoisotopic (exact) mass is 522 g/mol. The summed E-state index contributed by atoms with van der Waals surface area (Å²) in [5.41, 5.74) is 2.26. The van der Waals surface area contributed by atoms with E-state index in [1.807, 2.05) is 51.1 Å². The smallest absolute Gasteiger partial charge is 0.337 e. The summed E-state index contributed by atoms with van der Waals surface area (Å²) in [4.78, 5) is 52.0. The van der Waals surface area contributed by atoms with E-state index in [4.69, 9.17) is 0 Å². The molecule has 5 rings (SSSR count). The summed E-state index contributed by atoms with van der Waals surface area (Å²) in [6.07, 6.45) is 1.99. The zero-order chi connectivity index (χ0) is 27.9. The maximum Gasteiger partial charge on any atom is 0.337 e. The Kier molecular flexibility index (Phi) is 6.43. The van der Waals surface area contributed by atoms with E-state index in [-0.39, 0.29) is 28.2 Å². The van der Waals surface area contributed by atoms with Gasteiger partial charge in [0.15, 0.2) is 0 Å². The number of hydrogen-bond donors (Lipinski definition) is 1. The van der Waals surface area contributed by atoms with Gasteiger partial charge in [-0.05, 0) is 35.4 Å². The molecule has 39 heavy (non-hydrogen) atoms. The molecule has 1 aromatic heterocycles. The third-order valence-electron chi connectivity index (χ3n) is 6.70. The molecular formula is C30H26N4O5. The number of fused-ring (bicyclic) bond motifs is 1. The molecule has 0 aliphatic carbocycles. The number of amides is 2. The molecule has 0 saturated heterocycles. The first-order chi connectivity index (χ1) is 18.5. The number of ketones is 1. The minimum atomic E-state index is -1.25. The number of aromatic carboxylic acids is 1. The van der Waals surface area contributed by atoms with Crippen LogP contribution in [-0.2, 0) is 11.3 Å². The Morgan fingerprint density at radius 3 is 2.23 bits per heavy atom.